The van der Waals surface area contributed by atoms with Gasteiger partial charge in [-0.3, -0.25) is 4.79 Å². The molecule has 1 aromatic carbocycles. The maximum Gasteiger partial charge on any atom is 0.276 e. The molecule has 1 saturated heterocycles. The highest BCUT2D eigenvalue weighted by atomic mass is 16.7. The Kier molecular flexibility index (Phi) is 5.15. The van der Waals surface area contributed by atoms with Crippen molar-refractivity contribution in [3.63, 3.8) is 0 Å². The second-order valence-corrected chi connectivity index (χ2v) is 6.45. The summed E-state index contributed by atoms with van der Waals surface area (Å²) in [5.41, 5.74) is 0.294. The van der Waals surface area contributed by atoms with E-state index in [2.05, 4.69) is 11.9 Å². The van der Waals surface area contributed by atoms with Gasteiger partial charge in [0.25, 0.3) is 5.91 Å². The fourth-order valence-corrected chi connectivity index (χ4v) is 3.23. The molecular weight excluding hydrogens is 352 g/mol. The third-order valence-corrected chi connectivity index (χ3v) is 4.59. The summed E-state index contributed by atoms with van der Waals surface area (Å²) in [4.78, 5) is 18.9. The van der Waals surface area contributed by atoms with Gasteiger partial charge in [-0.1, -0.05) is 13.3 Å². The van der Waals surface area contributed by atoms with Crippen molar-refractivity contribution < 1.29 is 28.2 Å². The molecule has 0 saturated carbocycles. The lowest BCUT2D eigenvalue weighted by Gasteiger charge is -2.35. The lowest BCUT2D eigenvalue weighted by Crippen LogP contribution is -2.48. The summed E-state index contributed by atoms with van der Waals surface area (Å²) in [5, 5.41) is 0. The number of morpholine rings is 1. The van der Waals surface area contributed by atoms with E-state index in [9.17, 15) is 4.79 Å². The molecule has 1 fully saturated rings. The number of carbonyl (C=O) groups is 1. The number of oxazole rings is 1. The minimum absolute atomic E-state index is 0.0845. The minimum Gasteiger partial charge on any atom is -0.484 e. The number of rotatable bonds is 6. The molecule has 1 amide bonds. The van der Waals surface area contributed by atoms with Crippen LogP contribution in [0.5, 0.6) is 17.2 Å². The average Bonchev–Trinajstić information content (AvgIpc) is 3.35. The molecule has 0 aliphatic carbocycles. The Morgan fingerprint density at radius 2 is 2.22 bits per heavy atom. The van der Waals surface area contributed by atoms with Crippen molar-refractivity contribution in [3.8, 4) is 17.2 Å². The molecule has 2 aliphatic heterocycles. The second-order valence-electron chi connectivity index (χ2n) is 6.45. The van der Waals surface area contributed by atoms with Gasteiger partial charge in [0.05, 0.1) is 19.3 Å². The summed E-state index contributed by atoms with van der Waals surface area (Å²) in [7, 11) is 0. The van der Waals surface area contributed by atoms with E-state index in [1.807, 2.05) is 4.90 Å². The third kappa shape index (κ3) is 3.85. The number of carbonyl (C=O) groups excluding carboxylic acids is 1. The van der Waals surface area contributed by atoms with Crippen molar-refractivity contribution in [2.75, 3.05) is 26.6 Å². The summed E-state index contributed by atoms with van der Waals surface area (Å²) >= 11 is 0. The normalized spacial score (nSPS) is 18.6. The molecule has 0 radical (unpaired) electrons. The van der Waals surface area contributed by atoms with Crippen LogP contribution >= 0.6 is 0 Å². The molecule has 27 heavy (non-hydrogen) atoms. The lowest BCUT2D eigenvalue weighted by molar-refractivity contribution is -0.00464. The molecule has 1 aromatic heterocycles. The van der Waals surface area contributed by atoms with Gasteiger partial charge in [0, 0.05) is 12.6 Å². The van der Waals surface area contributed by atoms with Crippen LogP contribution in [0.1, 0.15) is 36.1 Å². The molecule has 2 aliphatic rings. The van der Waals surface area contributed by atoms with Crippen LogP contribution < -0.4 is 14.2 Å². The summed E-state index contributed by atoms with van der Waals surface area (Å²) in [6.45, 7) is 4.11. The van der Waals surface area contributed by atoms with Gasteiger partial charge in [0.1, 0.15) is 12.0 Å². The Hall–Kier alpha value is -2.74. The highest BCUT2D eigenvalue weighted by molar-refractivity contribution is 5.92. The SMILES string of the molecule is CCCC1COCCN1C(=O)c1coc(COc2ccc3c(c2)OCO3)n1. The van der Waals surface area contributed by atoms with E-state index < -0.39 is 0 Å². The van der Waals surface area contributed by atoms with Crippen LogP contribution in [0.25, 0.3) is 0 Å². The van der Waals surface area contributed by atoms with Gasteiger partial charge < -0.3 is 28.3 Å². The molecule has 4 rings (SSSR count). The monoisotopic (exact) mass is 374 g/mol. The minimum atomic E-state index is -0.130. The van der Waals surface area contributed by atoms with Crippen LogP contribution in [-0.2, 0) is 11.3 Å². The van der Waals surface area contributed by atoms with E-state index in [-0.39, 0.29) is 25.3 Å². The first kappa shape index (κ1) is 17.7. The first-order chi connectivity index (χ1) is 13.2. The molecule has 144 valence electrons. The Balaban J connectivity index is 1.38. The number of nitrogens with zero attached hydrogens (tertiary/aromatic N) is 2. The van der Waals surface area contributed by atoms with Crippen LogP contribution in [0.15, 0.2) is 28.9 Å². The van der Waals surface area contributed by atoms with Gasteiger partial charge in [-0.15, -0.1) is 0 Å². The van der Waals surface area contributed by atoms with Gasteiger partial charge in [-0.25, -0.2) is 4.98 Å². The zero-order valence-corrected chi connectivity index (χ0v) is 15.2. The molecule has 3 heterocycles. The quantitative estimate of drug-likeness (QED) is 0.768. The van der Waals surface area contributed by atoms with Crippen LogP contribution in [0.2, 0.25) is 0 Å². The molecule has 0 spiro atoms. The summed E-state index contributed by atoms with van der Waals surface area (Å²) in [6.07, 6.45) is 3.29. The number of ether oxygens (including phenoxy) is 4. The Labute approximate surface area is 157 Å². The smallest absolute Gasteiger partial charge is 0.276 e. The first-order valence-electron chi connectivity index (χ1n) is 9.10. The zero-order chi connectivity index (χ0) is 18.6. The van der Waals surface area contributed by atoms with Crippen molar-refractivity contribution in [2.24, 2.45) is 0 Å². The van der Waals surface area contributed by atoms with Gasteiger partial charge in [0.2, 0.25) is 12.7 Å². The summed E-state index contributed by atoms with van der Waals surface area (Å²) in [6, 6.07) is 5.40. The Morgan fingerprint density at radius 3 is 3.11 bits per heavy atom. The molecule has 1 unspecified atom stereocenters. The molecule has 8 nitrogen and oxygen atoms in total. The number of benzene rings is 1. The van der Waals surface area contributed by atoms with Crippen LogP contribution in [0.3, 0.4) is 0 Å². The van der Waals surface area contributed by atoms with Crippen LogP contribution in [0, 0.1) is 0 Å². The molecule has 0 bridgehead atoms. The molecule has 8 heteroatoms. The fraction of sp³-hybridized carbons (Fsp3) is 0.474. The number of fused-ring (bicyclic) bond motifs is 1. The topological polar surface area (TPSA) is 83.3 Å². The Bertz CT molecular complexity index is 803. The van der Waals surface area contributed by atoms with E-state index in [1.54, 1.807) is 18.2 Å². The molecular formula is C19H22N2O6. The fourth-order valence-electron chi connectivity index (χ4n) is 3.23. The van der Waals surface area contributed by atoms with E-state index in [0.717, 1.165) is 12.8 Å². The molecule has 2 aromatic rings. The third-order valence-electron chi connectivity index (χ3n) is 4.59. The average molecular weight is 374 g/mol. The van der Waals surface area contributed by atoms with Crippen molar-refractivity contribution >= 4 is 5.91 Å². The van der Waals surface area contributed by atoms with Crippen LogP contribution in [0.4, 0.5) is 0 Å². The van der Waals surface area contributed by atoms with Crippen molar-refractivity contribution in [1.82, 2.24) is 9.88 Å². The summed E-state index contributed by atoms with van der Waals surface area (Å²) < 4.78 is 27.2. The van der Waals surface area contributed by atoms with Gasteiger partial charge in [-0.2, -0.15) is 0 Å². The van der Waals surface area contributed by atoms with Gasteiger partial charge >= 0.3 is 0 Å². The maximum absolute atomic E-state index is 12.8. The number of hydrogen-bond acceptors (Lipinski definition) is 7. The van der Waals surface area contributed by atoms with Crippen molar-refractivity contribution in [1.29, 1.82) is 0 Å². The van der Waals surface area contributed by atoms with E-state index in [0.29, 0.717) is 48.6 Å². The number of hydrogen-bond donors (Lipinski definition) is 0. The first-order valence-corrected chi connectivity index (χ1v) is 9.10. The van der Waals surface area contributed by atoms with Crippen molar-refractivity contribution in [3.05, 3.63) is 36.0 Å². The highest BCUT2D eigenvalue weighted by Gasteiger charge is 2.29. The highest BCUT2D eigenvalue weighted by Crippen LogP contribution is 2.35. The number of aromatic nitrogens is 1. The molecule has 0 N–H and O–H groups in total. The maximum atomic E-state index is 12.8. The van der Waals surface area contributed by atoms with Crippen molar-refractivity contribution in [2.45, 2.75) is 32.4 Å². The lowest BCUT2D eigenvalue weighted by atomic mass is 10.1. The standard InChI is InChI=1S/C19H22N2O6/c1-2-3-13-9-23-7-6-21(13)19(22)15-10-25-18(20-15)11-24-14-4-5-16-17(8-14)27-12-26-16/h4-5,8,10,13H,2-3,6-7,9,11-12H2,1H3. The zero-order valence-electron chi connectivity index (χ0n) is 15.2. The second kappa shape index (κ2) is 7.87. The van der Waals surface area contributed by atoms with Gasteiger partial charge in [-0.05, 0) is 18.6 Å². The largest absolute Gasteiger partial charge is 0.484 e. The van der Waals surface area contributed by atoms with E-state index in [1.165, 1.54) is 6.26 Å². The number of amides is 1. The summed E-state index contributed by atoms with van der Waals surface area (Å²) in [5.74, 6) is 2.16. The predicted octanol–water partition coefficient (Wildman–Crippen LogP) is 2.62. The molecule has 1 atom stereocenters. The van der Waals surface area contributed by atoms with E-state index in [4.69, 9.17) is 23.4 Å². The Morgan fingerprint density at radius 1 is 1.33 bits per heavy atom. The van der Waals surface area contributed by atoms with E-state index >= 15 is 0 Å². The van der Waals surface area contributed by atoms with Gasteiger partial charge in [0.15, 0.2) is 23.8 Å². The van der Waals surface area contributed by atoms with Crippen LogP contribution in [-0.4, -0.2) is 48.4 Å². The predicted molar refractivity (Wildman–Crippen MR) is 94.0 cm³/mol.